The lowest BCUT2D eigenvalue weighted by Gasteiger charge is -2.05. The number of H-pyrrole nitrogens is 1. The second-order valence-electron chi connectivity index (χ2n) is 4.02. The first-order valence-corrected chi connectivity index (χ1v) is 5.63. The second kappa shape index (κ2) is 4.07. The van der Waals surface area contributed by atoms with Crippen LogP contribution in [0.4, 0.5) is 5.69 Å². The average Bonchev–Trinajstić information content (AvgIpc) is 2.99. The highest BCUT2D eigenvalue weighted by Crippen LogP contribution is 2.39. The molecule has 2 heterocycles. The van der Waals surface area contributed by atoms with Gasteiger partial charge in [-0.15, -0.1) is 0 Å². The number of nitrogens with one attached hydrogen (secondary N) is 2. The molecule has 1 aromatic heterocycles. The zero-order chi connectivity index (χ0) is 12.5. The summed E-state index contributed by atoms with van der Waals surface area (Å²) in [6.45, 7) is 0. The molecule has 18 heavy (non-hydrogen) atoms. The van der Waals surface area contributed by atoms with Gasteiger partial charge in [-0.1, -0.05) is 12.1 Å². The fraction of sp³-hybridized carbons (Fsp3) is 0.0714. The normalized spacial score (nSPS) is 15.6. The van der Waals surface area contributed by atoms with Gasteiger partial charge in [-0.25, -0.2) is 0 Å². The van der Waals surface area contributed by atoms with Crippen LogP contribution in [0.5, 0.6) is 5.75 Å². The summed E-state index contributed by atoms with van der Waals surface area (Å²) in [7, 11) is 1.59. The number of benzene rings is 1. The fourth-order valence-corrected chi connectivity index (χ4v) is 2.09. The first-order valence-electron chi connectivity index (χ1n) is 5.63. The van der Waals surface area contributed by atoms with Crippen molar-refractivity contribution in [3.05, 3.63) is 47.8 Å². The maximum atomic E-state index is 12.0. The highest BCUT2D eigenvalue weighted by Gasteiger charge is 2.26. The third-order valence-electron chi connectivity index (χ3n) is 2.94. The number of fused-ring (bicyclic) bond motifs is 1. The van der Waals surface area contributed by atoms with E-state index in [1.165, 1.54) is 0 Å². The molecule has 3 rings (SSSR count). The van der Waals surface area contributed by atoms with E-state index in [-0.39, 0.29) is 5.91 Å². The molecule has 1 aromatic carbocycles. The Hall–Kier alpha value is -2.49. The minimum Gasteiger partial charge on any atom is -0.495 e. The van der Waals surface area contributed by atoms with Crippen LogP contribution >= 0.6 is 0 Å². The third kappa shape index (κ3) is 1.59. The summed E-state index contributed by atoms with van der Waals surface area (Å²) in [6, 6.07) is 9.42. The molecule has 1 aliphatic heterocycles. The van der Waals surface area contributed by atoms with Crippen molar-refractivity contribution >= 4 is 23.2 Å². The van der Waals surface area contributed by atoms with Crippen LogP contribution in [-0.4, -0.2) is 18.0 Å². The van der Waals surface area contributed by atoms with Gasteiger partial charge in [0.1, 0.15) is 5.75 Å². The number of rotatable bonds is 2. The molecule has 0 fully saturated rings. The number of methoxy groups -OCH3 is 1. The smallest absolute Gasteiger partial charge is 0.256 e. The predicted octanol–water partition coefficient (Wildman–Crippen LogP) is 2.52. The number of carbonyl (C=O) groups is 1. The van der Waals surface area contributed by atoms with E-state index in [9.17, 15) is 4.79 Å². The van der Waals surface area contributed by atoms with Gasteiger partial charge in [0.05, 0.1) is 18.4 Å². The van der Waals surface area contributed by atoms with Gasteiger partial charge < -0.3 is 15.0 Å². The van der Waals surface area contributed by atoms with Crippen molar-refractivity contribution in [3.8, 4) is 5.75 Å². The lowest BCUT2D eigenvalue weighted by molar-refractivity contribution is -0.110. The van der Waals surface area contributed by atoms with E-state index in [0.29, 0.717) is 11.3 Å². The third-order valence-corrected chi connectivity index (χ3v) is 2.94. The average molecular weight is 240 g/mol. The minimum atomic E-state index is -0.107. The summed E-state index contributed by atoms with van der Waals surface area (Å²) in [5.41, 5.74) is 3.15. The molecule has 0 radical (unpaired) electrons. The van der Waals surface area contributed by atoms with Gasteiger partial charge >= 0.3 is 0 Å². The number of amides is 1. The topological polar surface area (TPSA) is 54.1 Å². The Balaban J connectivity index is 2.13. The van der Waals surface area contributed by atoms with Crippen molar-refractivity contribution < 1.29 is 9.53 Å². The van der Waals surface area contributed by atoms with E-state index in [0.717, 1.165) is 16.9 Å². The lowest BCUT2D eigenvalue weighted by atomic mass is 10.1. The highest BCUT2D eigenvalue weighted by molar-refractivity contribution is 6.35. The van der Waals surface area contributed by atoms with Gasteiger partial charge in [0.25, 0.3) is 5.91 Å². The number of para-hydroxylation sites is 1. The van der Waals surface area contributed by atoms with Gasteiger partial charge in [0.15, 0.2) is 0 Å². The molecule has 0 aliphatic carbocycles. The maximum Gasteiger partial charge on any atom is 0.256 e. The van der Waals surface area contributed by atoms with Gasteiger partial charge in [-0.3, -0.25) is 4.79 Å². The number of hydrogen-bond donors (Lipinski definition) is 2. The Morgan fingerprint density at radius 3 is 2.83 bits per heavy atom. The fourth-order valence-electron chi connectivity index (χ4n) is 2.09. The van der Waals surface area contributed by atoms with Gasteiger partial charge in [0.2, 0.25) is 0 Å². The minimum absolute atomic E-state index is 0.107. The standard InChI is InChI=1S/C14H12N2O2/c1-18-12-6-2-5-10-11(14(17)16-13(10)12)8-9-4-3-7-15-9/h2-8,15H,1H3,(H,16,17)/b11-8-. The predicted molar refractivity (Wildman–Crippen MR) is 70.3 cm³/mol. The second-order valence-corrected chi connectivity index (χ2v) is 4.02. The van der Waals surface area contributed by atoms with Crippen molar-refractivity contribution in [1.29, 1.82) is 0 Å². The highest BCUT2D eigenvalue weighted by atomic mass is 16.5. The maximum absolute atomic E-state index is 12.0. The molecule has 4 nitrogen and oxygen atoms in total. The molecule has 0 saturated heterocycles. The zero-order valence-corrected chi connectivity index (χ0v) is 9.86. The van der Waals surface area contributed by atoms with E-state index in [2.05, 4.69) is 10.3 Å². The lowest BCUT2D eigenvalue weighted by Crippen LogP contribution is -2.04. The molecule has 1 amide bonds. The molecule has 2 aromatic rings. The van der Waals surface area contributed by atoms with Crippen molar-refractivity contribution in [3.63, 3.8) is 0 Å². The van der Waals surface area contributed by atoms with Crippen LogP contribution in [0.2, 0.25) is 0 Å². The summed E-state index contributed by atoms with van der Waals surface area (Å²) >= 11 is 0. The van der Waals surface area contributed by atoms with Gasteiger partial charge in [0, 0.05) is 17.5 Å². The molecule has 0 bridgehead atoms. The van der Waals surface area contributed by atoms with Crippen LogP contribution in [0.1, 0.15) is 11.3 Å². The number of aromatic nitrogens is 1. The van der Waals surface area contributed by atoms with Gasteiger partial charge in [-0.2, -0.15) is 0 Å². The molecule has 4 heteroatoms. The molecule has 2 N–H and O–H groups in total. The first-order chi connectivity index (χ1) is 8.79. The SMILES string of the molecule is COc1cccc2c1NC(=O)/C2=C\c1ccc[nH]1. The van der Waals surface area contributed by atoms with Crippen molar-refractivity contribution in [2.45, 2.75) is 0 Å². The van der Waals surface area contributed by atoms with Crippen LogP contribution in [0.3, 0.4) is 0 Å². The largest absolute Gasteiger partial charge is 0.495 e. The molecule has 0 unspecified atom stereocenters. The number of carbonyl (C=O) groups excluding carboxylic acids is 1. The monoisotopic (exact) mass is 240 g/mol. The van der Waals surface area contributed by atoms with Crippen molar-refractivity contribution in [2.75, 3.05) is 12.4 Å². The Morgan fingerprint density at radius 1 is 1.22 bits per heavy atom. The van der Waals surface area contributed by atoms with Crippen molar-refractivity contribution in [2.24, 2.45) is 0 Å². The number of aromatic amines is 1. The quantitative estimate of drug-likeness (QED) is 0.792. The molecule has 0 saturated carbocycles. The molecule has 0 spiro atoms. The summed E-state index contributed by atoms with van der Waals surface area (Å²) in [5.74, 6) is 0.569. The Morgan fingerprint density at radius 2 is 2.11 bits per heavy atom. The van der Waals surface area contributed by atoms with Crippen LogP contribution < -0.4 is 10.1 Å². The van der Waals surface area contributed by atoms with E-state index in [1.54, 1.807) is 7.11 Å². The first kappa shape index (κ1) is 10.7. The number of anilines is 1. The van der Waals surface area contributed by atoms with E-state index >= 15 is 0 Å². The zero-order valence-electron chi connectivity index (χ0n) is 9.86. The summed E-state index contributed by atoms with van der Waals surface area (Å²) in [6.07, 6.45) is 3.66. The van der Waals surface area contributed by atoms with Crippen LogP contribution in [-0.2, 0) is 4.79 Å². The van der Waals surface area contributed by atoms with E-state index < -0.39 is 0 Å². The molecule has 90 valence electrons. The molecular weight excluding hydrogens is 228 g/mol. The van der Waals surface area contributed by atoms with Crippen molar-refractivity contribution in [1.82, 2.24) is 4.98 Å². The van der Waals surface area contributed by atoms with E-state index in [4.69, 9.17) is 4.74 Å². The summed E-state index contributed by atoms with van der Waals surface area (Å²) < 4.78 is 5.24. The Labute approximate surface area is 104 Å². The summed E-state index contributed by atoms with van der Waals surface area (Å²) in [5, 5.41) is 2.83. The Bertz CT molecular complexity index is 627. The number of hydrogen-bond acceptors (Lipinski definition) is 2. The molecule has 0 atom stereocenters. The van der Waals surface area contributed by atoms with Gasteiger partial charge in [-0.05, 0) is 24.3 Å². The summed E-state index contributed by atoms with van der Waals surface area (Å²) in [4.78, 5) is 15.0. The molecular formula is C14H12N2O2. The van der Waals surface area contributed by atoms with E-state index in [1.807, 2.05) is 42.6 Å². The number of ether oxygens (including phenoxy) is 1. The van der Waals surface area contributed by atoms with Crippen LogP contribution in [0.15, 0.2) is 36.5 Å². The molecule has 1 aliphatic rings. The van der Waals surface area contributed by atoms with Crippen LogP contribution in [0, 0.1) is 0 Å². The van der Waals surface area contributed by atoms with Crippen LogP contribution in [0.25, 0.3) is 11.6 Å². The Kier molecular flexibility index (Phi) is 2.41.